The van der Waals surface area contributed by atoms with Gasteiger partial charge in [-0.15, -0.1) is 11.6 Å². The van der Waals surface area contributed by atoms with Crippen LogP contribution in [0.1, 0.15) is 23.7 Å². The second-order valence-corrected chi connectivity index (χ2v) is 6.74. The van der Waals surface area contributed by atoms with E-state index in [-0.39, 0.29) is 5.38 Å². The van der Waals surface area contributed by atoms with Crippen LogP contribution in [0.15, 0.2) is 42.5 Å². The monoisotopic (exact) mass is 396 g/mol. The summed E-state index contributed by atoms with van der Waals surface area (Å²) in [5, 5.41) is -0.139. The molecule has 1 atom stereocenters. The lowest BCUT2D eigenvalue weighted by atomic mass is 10.2. The van der Waals surface area contributed by atoms with Crippen LogP contribution in [-0.2, 0) is 0 Å². The maximum absolute atomic E-state index is 6.34. The molecule has 2 aromatic carbocycles. The summed E-state index contributed by atoms with van der Waals surface area (Å²) in [6, 6.07) is 14.6. The van der Waals surface area contributed by atoms with Crippen molar-refractivity contribution >= 4 is 45.2 Å². The minimum absolute atomic E-state index is 0.139. The molecule has 1 heterocycles. The number of nitrogens with zero attached hydrogens (tertiary/aromatic N) is 2. The van der Waals surface area contributed by atoms with E-state index in [9.17, 15) is 0 Å². The molecule has 0 amide bonds. The van der Waals surface area contributed by atoms with Crippen molar-refractivity contribution in [3.63, 3.8) is 0 Å². The molecule has 3 aromatic rings. The van der Waals surface area contributed by atoms with Gasteiger partial charge < -0.3 is 0 Å². The van der Waals surface area contributed by atoms with E-state index in [1.165, 1.54) is 9.13 Å². The largest absolute Gasteiger partial charge is 0.295 e. The molecule has 1 aromatic heterocycles. The van der Waals surface area contributed by atoms with E-state index in [0.29, 0.717) is 0 Å². The highest BCUT2D eigenvalue weighted by Gasteiger charge is 2.17. The number of aryl methyl sites for hydroxylation is 1. The molecule has 0 spiro atoms. The number of aromatic nitrogens is 2. The number of para-hydroxylation sites is 1. The topological polar surface area (TPSA) is 17.8 Å². The van der Waals surface area contributed by atoms with E-state index in [4.69, 9.17) is 16.6 Å². The smallest absolute Gasteiger partial charge is 0.132 e. The van der Waals surface area contributed by atoms with Crippen LogP contribution in [0.3, 0.4) is 0 Å². The van der Waals surface area contributed by atoms with Gasteiger partial charge in [0.05, 0.1) is 16.4 Å². The number of alkyl halides is 1. The van der Waals surface area contributed by atoms with Crippen molar-refractivity contribution in [2.24, 2.45) is 0 Å². The molecule has 0 aliphatic carbocycles. The van der Waals surface area contributed by atoms with Crippen LogP contribution in [0.5, 0.6) is 0 Å². The van der Waals surface area contributed by atoms with Crippen LogP contribution in [0.25, 0.3) is 16.7 Å². The molecule has 0 aliphatic rings. The van der Waals surface area contributed by atoms with Crippen molar-refractivity contribution in [1.82, 2.24) is 9.55 Å². The van der Waals surface area contributed by atoms with Crippen molar-refractivity contribution < 1.29 is 0 Å². The Morgan fingerprint density at radius 3 is 2.65 bits per heavy atom. The normalized spacial score (nSPS) is 12.8. The van der Waals surface area contributed by atoms with Gasteiger partial charge in [-0.25, -0.2) is 4.98 Å². The van der Waals surface area contributed by atoms with Gasteiger partial charge in [0, 0.05) is 9.26 Å². The summed E-state index contributed by atoms with van der Waals surface area (Å²) in [6.45, 7) is 4.04. The minimum Gasteiger partial charge on any atom is -0.295 e. The third-order valence-corrected chi connectivity index (χ3v) is 4.20. The lowest BCUT2D eigenvalue weighted by Crippen LogP contribution is -2.02. The maximum atomic E-state index is 6.34. The molecule has 0 radical (unpaired) electrons. The average Bonchev–Trinajstić information content (AvgIpc) is 2.80. The third kappa shape index (κ3) is 2.33. The second-order valence-electron chi connectivity index (χ2n) is 4.84. The summed E-state index contributed by atoms with van der Waals surface area (Å²) >= 11 is 8.66. The molecule has 0 saturated heterocycles. The predicted octanol–water partition coefficient (Wildman–Crippen LogP) is 5.24. The van der Waals surface area contributed by atoms with Gasteiger partial charge in [0.2, 0.25) is 0 Å². The summed E-state index contributed by atoms with van der Waals surface area (Å²) in [7, 11) is 0. The number of fused-ring (bicyclic) bond motifs is 1. The molecule has 0 bridgehead atoms. The second kappa shape index (κ2) is 5.37. The number of imidazole rings is 1. The highest BCUT2D eigenvalue weighted by atomic mass is 127. The molecule has 3 rings (SSSR count). The Hall–Kier alpha value is -1.07. The molecule has 20 heavy (non-hydrogen) atoms. The Kier molecular flexibility index (Phi) is 3.73. The van der Waals surface area contributed by atoms with Crippen LogP contribution in [0, 0.1) is 10.5 Å². The van der Waals surface area contributed by atoms with Gasteiger partial charge in [-0.2, -0.15) is 0 Å². The molecule has 2 nitrogen and oxygen atoms in total. The summed E-state index contributed by atoms with van der Waals surface area (Å²) in [5.41, 5.74) is 4.40. The summed E-state index contributed by atoms with van der Waals surface area (Å²) in [5.74, 6) is 0.887. The first kappa shape index (κ1) is 13.9. The first-order valence-corrected chi connectivity index (χ1v) is 7.97. The van der Waals surface area contributed by atoms with Crippen LogP contribution in [-0.4, -0.2) is 9.55 Å². The number of benzene rings is 2. The van der Waals surface area contributed by atoms with Crippen molar-refractivity contribution in [1.29, 1.82) is 0 Å². The highest BCUT2D eigenvalue weighted by molar-refractivity contribution is 14.1. The van der Waals surface area contributed by atoms with Gasteiger partial charge >= 0.3 is 0 Å². The van der Waals surface area contributed by atoms with E-state index in [2.05, 4.69) is 76.5 Å². The quantitative estimate of drug-likeness (QED) is 0.428. The Morgan fingerprint density at radius 2 is 1.95 bits per heavy atom. The van der Waals surface area contributed by atoms with Gasteiger partial charge in [0.1, 0.15) is 5.82 Å². The molecule has 0 saturated carbocycles. The van der Waals surface area contributed by atoms with E-state index in [1.807, 2.05) is 6.92 Å². The third-order valence-electron chi connectivity index (χ3n) is 3.34. The first-order valence-electron chi connectivity index (χ1n) is 6.46. The average molecular weight is 397 g/mol. The zero-order chi connectivity index (χ0) is 14.3. The van der Waals surface area contributed by atoms with E-state index < -0.39 is 0 Å². The molecule has 1 unspecified atom stereocenters. The van der Waals surface area contributed by atoms with Gasteiger partial charge in [-0.1, -0.05) is 18.2 Å². The lowest BCUT2D eigenvalue weighted by molar-refractivity contribution is 0.882. The van der Waals surface area contributed by atoms with Gasteiger partial charge in [-0.05, 0) is 66.3 Å². The summed E-state index contributed by atoms with van der Waals surface area (Å²) < 4.78 is 3.35. The predicted molar refractivity (Wildman–Crippen MR) is 92.8 cm³/mol. The number of rotatable bonds is 2. The fraction of sp³-hybridized carbons (Fsp3) is 0.188. The van der Waals surface area contributed by atoms with Crippen molar-refractivity contribution in [3.8, 4) is 5.69 Å². The lowest BCUT2D eigenvalue weighted by Gasteiger charge is -2.11. The Bertz CT molecular complexity index is 777. The molecule has 0 aliphatic heterocycles. The summed E-state index contributed by atoms with van der Waals surface area (Å²) in [6.07, 6.45) is 0. The zero-order valence-corrected chi connectivity index (χ0v) is 14.2. The van der Waals surface area contributed by atoms with Gasteiger partial charge in [0.15, 0.2) is 0 Å². The Morgan fingerprint density at radius 1 is 1.20 bits per heavy atom. The molecular weight excluding hydrogens is 383 g/mol. The Labute approximate surface area is 136 Å². The standard InChI is InChI=1S/C16H14ClIN2/c1-10-5-3-8-14-15(10)19-16(11(2)17)20(14)13-7-4-6-12(18)9-13/h3-9,11H,1-2H3. The Balaban J connectivity index is 2.38. The number of hydrogen-bond donors (Lipinski definition) is 0. The molecule has 0 N–H and O–H groups in total. The van der Waals surface area contributed by atoms with Crippen molar-refractivity contribution in [2.75, 3.05) is 0 Å². The fourth-order valence-corrected chi connectivity index (χ4v) is 3.08. The van der Waals surface area contributed by atoms with Crippen LogP contribution in [0.4, 0.5) is 0 Å². The number of halogens is 2. The van der Waals surface area contributed by atoms with E-state index >= 15 is 0 Å². The van der Waals surface area contributed by atoms with E-state index in [1.54, 1.807) is 0 Å². The molecule has 4 heteroatoms. The van der Waals surface area contributed by atoms with Crippen LogP contribution < -0.4 is 0 Å². The SMILES string of the molecule is Cc1cccc2c1nc(C(C)Cl)n2-c1cccc(I)c1. The fourth-order valence-electron chi connectivity index (χ4n) is 2.41. The van der Waals surface area contributed by atoms with Crippen LogP contribution >= 0.6 is 34.2 Å². The maximum Gasteiger partial charge on any atom is 0.132 e. The van der Waals surface area contributed by atoms with E-state index in [0.717, 1.165) is 22.5 Å². The van der Waals surface area contributed by atoms with Crippen LogP contribution in [0.2, 0.25) is 0 Å². The molecular formula is C16H14ClIN2. The minimum atomic E-state index is -0.139. The zero-order valence-electron chi connectivity index (χ0n) is 11.3. The molecule has 102 valence electrons. The van der Waals surface area contributed by atoms with Crippen molar-refractivity contribution in [3.05, 3.63) is 57.4 Å². The highest BCUT2D eigenvalue weighted by Crippen LogP contribution is 2.29. The first-order chi connectivity index (χ1) is 9.58. The number of hydrogen-bond acceptors (Lipinski definition) is 1. The van der Waals surface area contributed by atoms with Gasteiger partial charge in [-0.3, -0.25) is 4.57 Å². The summed E-state index contributed by atoms with van der Waals surface area (Å²) in [4.78, 5) is 4.75. The van der Waals surface area contributed by atoms with Gasteiger partial charge in [0.25, 0.3) is 0 Å². The van der Waals surface area contributed by atoms with Crippen molar-refractivity contribution in [2.45, 2.75) is 19.2 Å². The molecule has 0 fully saturated rings.